The van der Waals surface area contributed by atoms with Crippen LogP contribution in [0, 0.1) is 17.8 Å². The number of likely N-dealkylation sites (tertiary alicyclic amines) is 1. The maximum absolute atomic E-state index is 11.9. The maximum atomic E-state index is 11.9. The van der Waals surface area contributed by atoms with Gasteiger partial charge in [0.2, 0.25) is 5.91 Å². The van der Waals surface area contributed by atoms with Gasteiger partial charge in [-0.15, -0.1) is 0 Å². The number of rotatable bonds is 7. The molecule has 3 rings (SSSR count). The summed E-state index contributed by atoms with van der Waals surface area (Å²) in [4.78, 5) is 13.9. The number of hydrogen-bond acceptors (Lipinski definition) is 8. The fraction of sp³-hybridized carbons (Fsp3) is 0.947. The van der Waals surface area contributed by atoms with E-state index >= 15 is 0 Å². The summed E-state index contributed by atoms with van der Waals surface area (Å²) in [6.45, 7) is 1.78. The average molecular weight is 400 g/mol. The van der Waals surface area contributed by atoms with Crippen molar-refractivity contribution in [2.45, 2.75) is 62.8 Å². The SMILES string of the molecule is CNC(=O)C1CCC(CN2C(O)C(N)C3C(N)C[C@H](OCCOC)NC32)CC1. The predicted molar refractivity (Wildman–Crippen MR) is 105 cm³/mol. The molecule has 2 aliphatic heterocycles. The second-order valence-electron chi connectivity index (χ2n) is 8.46. The van der Waals surface area contributed by atoms with E-state index in [2.05, 4.69) is 15.5 Å². The first-order valence-corrected chi connectivity index (χ1v) is 10.5. The molecule has 2 heterocycles. The number of fused-ring (bicyclic) bond motifs is 1. The van der Waals surface area contributed by atoms with Gasteiger partial charge in [0.1, 0.15) is 12.5 Å². The molecule has 9 nitrogen and oxygen atoms in total. The van der Waals surface area contributed by atoms with E-state index < -0.39 is 6.23 Å². The zero-order valence-corrected chi connectivity index (χ0v) is 17.0. The van der Waals surface area contributed by atoms with Gasteiger partial charge in [-0.3, -0.25) is 15.0 Å². The first kappa shape index (κ1) is 21.9. The lowest BCUT2D eigenvalue weighted by Crippen LogP contribution is -2.62. The van der Waals surface area contributed by atoms with Crippen LogP contribution in [0.4, 0.5) is 0 Å². The zero-order chi connectivity index (χ0) is 20.3. The van der Waals surface area contributed by atoms with Crippen molar-refractivity contribution in [1.29, 1.82) is 0 Å². The van der Waals surface area contributed by atoms with E-state index in [9.17, 15) is 9.90 Å². The fourth-order valence-corrected chi connectivity index (χ4v) is 5.13. The Kier molecular flexibility index (Phi) is 7.66. The number of nitrogens with zero attached hydrogens (tertiary/aromatic N) is 1. The molecule has 0 aromatic rings. The van der Waals surface area contributed by atoms with E-state index in [1.54, 1.807) is 14.2 Å². The van der Waals surface area contributed by atoms with Gasteiger partial charge in [-0.2, -0.15) is 0 Å². The molecule has 0 aromatic carbocycles. The number of hydrogen-bond donors (Lipinski definition) is 5. The van der Waals surface area contributed by atoms with Crippen LogP contribution in [0.5, 0.6) is 0 Å². The van der Waals surface area contributed by atoms with Gasteiger partial charge in [-0.1, -0.05) is 0 Å². The topological polar surface area (TPSA) is 135 Å². The molecule has 162 valence electrons. The lowest BCUT2D eigenvalue weighted by atomic mass is 9.81. The number of aliphatic hydroxyl groups is 1. The Hall–Kier alpha value is -0.810. The van der Waals surface area contributed by atoms with Crippen LogP contribution < -0.4 is 22.1 Å². The fourth-order valence-electron chi connectivity index (χ4n) is 5.13. The number of ether oxygens (including phenoxy) is 2. The highest BCUT2D eigenvalue weighted by Gasteiger charge is 2.52. The van der Waals surface area contributed by atoms with Crippen molar-refractivity contribution in [2.75, 3.05) is 33.9 Å². The third-order valence-corrected chi connectivity index (χ3v) is 6.73. The minimum absolute atomic E-state index is 0.0144. The molecule has 0 bridgehead atoms. The normalized spacial score (nSPS) is 41.6. The van der Waals surface area contributed by atoms with Gasteiger partial charge in [0.15, 0.2) is 0 Å². The van der Waals surface area contributed by atoms with Gasteiger partial charge in [-0.25, -0.2) is 0 Å². The quantitative estimate of drug-likeness (QED) is 0.335. The molecular formula is C19H37N5O4. The first-order valence-electron chi connectivity index (χ1n) is 10.5. The lowest BCUT2D eigenvalue weighted by molar-refractivity contribution is -0.126. The molecule has 0 aromatic heterocycles. The summed E-state index contributed by atoms with van der Waals surface area (Å²) in [5, 5.41) is 17.1. The van der Waals surface area contributed by atoms with Gasteiger partial charge in [0.05, 0.1) is 25.4 Å². The Labute approximate surface area is 167 Å². The predicted octanol–water partition coefficient (Wildman–Crippen LogP) is -1.25. The lowest BCUT2D eigenvalue weighted by Gasteiger charge is -2.42. The number of methoxy groups -OCH3 is 1. The van der Waals surface area contributed by atoms with Crippen LogP contribution in [-0.2, 0) is 14.3 Å². The van der Waals surface area contributed by atoms with Crippen LogP contribution in [0.1, 0.15) is 32.1 Å². The van der Waals surface area contributed by atoms with Gasteiger partial charge >= 0.3 is 0 Å². The highest BCUT2D eigenvalue weighted by atomic mass is 16.5. The van der Waals surface area contributed by atoms with Crippen LogP contribution in [0.15, 0.2) is 0 Å². The van der Waals surface area contributed by atoms with Gasteiger partial charge < -0.3 is 31.4 Å². The molecule has 5 unspecified atom stereocenters. The Balaban J connectivity index is 1.59. The Bertz CT molecular complexity index is 517. The number of aliphatic hydroxyl groups excluding tert-OH is 1. The minimum Gasteiger partial charge on any atom is -0.382 e. The second kappa shape index (κ2) is 9.80. The van der Waals surface area contributed by atoms with Crippen molar-refractivity contribution in [3.8, 4) is 0 Å². The summed E-state index contributed by atoms with van der Waals surface area (Å²) in [7, 11) is 3.34. The Morgan fingerprint density at radius 2 is 1.96 bits per heavy atom. The van der Waals surface area contributed by atoms with E-state index in [0.29, 0.717) is 25.6 Å². The largest absolute Gasteiger partial charge is 0.382 e. The van der Waals surface area contributed by atoms with E-state index in [1.165, 1.54) is 0 Å². The average Bonchev–Trinajstić information content (AvgIpc) is 2.93. The second-order valence-corrected chi connectivity index (χ2v) is 8.46. The molecule has 3 fully saturated rings. The van der Waals surface area contributed by atoms with Crippen LogP contribution in [0.3, 0.4) is 0 Å². The Morgan fingerprint density at radius 3 is 2.61 bits per heavy atom. The summed E-state index contributed by atoms with van der Waals surface area (Å²) in [6.07, 6.45) is 3.42. The zero-order valence-electron chi connectivity index (χ0n) is 17.0. The monoisotopic (exact) mass is 399 g/mol. The van der Waals surface area contributed by atoms with Crippen molar-refractivity contribution < 1.29 is 19.4 Å². The van der Waals surface area contributed by atoms with Crippen LogP contribution >= 0.6 is 0 Å². The van der Waals surface area contributed by atoms with E-state index in [-0.39, 0.29) is 42.2 Å². The van der Waals surface area contributed by atoms with Crippen molar-refractivity contribution in [2.24, 2.45) is 29.2 Å². The first-order chi connectivity index (χ1) is 13.5. The van der Waals surface area contributed by atoms with Crippen molar-refractivity contribution in [1.82, 2.24) is 15.5 Å². The molecule has 0 radical (unpaired) electrons. The smallest absolute Gasteiger partial charge is 0.222 e. The molecule has 0 spiro atoms. The van der Waals surface area contributed by atoms with Gasteiger partial charge in [-0.05, 0) is 31.6 Å². The summed E-state index contributed by atoms with van der Waals surface area (Å²) in [6, 6.07) is -0.507. The minimum atomic E-state index is -0.720. The molecule has 1 amide bonds. The molecule has 7 N–H and O–H groups in total. The maximum Gasteiger partial charge on any atom is 0.222 e. The highest BCUT2D eigenvalue weighted by Crippen LogP contribution is 2.37. The number of carbonyl (C=O) groups is 1. The number of amides is 1. The molecule has 6 atom stereocenters. The molecular weight excluding hydrogens is 362 g/mol. The molecule has 2 saturated heterocycles. The number of carbonyl (C=O) groups excluding carboxylic acids is 1. The summed E-state index contributed by atoms with van der Waals surface area (Å²) in [5.41, 5.74) is 12.8. The van der Waals surface area contributed by atoms with Crippen molar-refractivity contribution >= 4 is 5.91 Å². The van der Waals surface area contributed by atoms with Gasteiger partial charge in [0, 0.05) is 45.0 Å². The van der Waals surface area contributed by atoms with Crippen LogP contribution in [-0.4, -0.2) is 80.5 Å². The molecule has 9 heteroatoms. The van der Waals surface area contributed by atoms with Crippen molar-refractivity contribution in [3.05, 3.63) is 0 Å². The molecule has 3 aliphatic rings. The van der Waals surface area contributed by atoms with Crippen LogP contribution in [0.2, 0.25) is 0 Å². The highest BCUT2D eigenvalue weighted by molar-refractivity contribution is 5.78. The summed E-state index contributed by atoms with van der Waals surface area (Å²) in [5.74, 6) is 0.672. The van der Waals surface area contributed by atoms with Crippen molar-refractivity contribution in [3.63, 3.8) is 0 Å². The summed E-state index contributed by atoms with van der Waals surface area (Å²) < 4.78 is 10.9. The third-order valence-electron chi connectivity index (χ3n) is 6.73. The summed E-state index contributed by atoms with van der Waals surface area (Å²) >= 11 is 0. The third kappa shape index (κ3) is 4.67. The molecule has 1 saturated carbocycles. The molecule has 28 heavy (non-hydrogen) atoms. The van der Waals surface area contributed by atoms with E-state index in [1.807, 2.05) is 0 Å². The number of piperidine rings is 1. The van der Waals surface area contributed by atoms with E-state index in [4.69, 9.17) is 20.9 Å². The van der Waals surface area contributed by atoms with Crippen LogP contribution in [0.25, 0.3) is 0 Å². The molecule has 1 aliphatic carbocycles. The Morgan fingerprint density at radius 1 is 1.25 bits per heavy atom. The standard InChI is InChI=1S/C19H37N5O4/c1-22-18(25)12-5-3-11(4-6-12)10-24-17-15(16(21)19(24)26)13(20)9-14(23-17)28-8-7-27-2/h11-17,19,23,26H,3-10,20-21H2,1-2H3,(H,22,25)/t11?,12?,13?,14-,15?,16?,17?,19?/m0/s1. The number of nitrogens with two attached hydrogens (primary N) is 2. The van der Waals surface area contributed by atoms with E-state index in [0.717, 1.165) is 32.2 Å². The number of nitrogens with one attached hydrogen (secondary N) is 2. The van der Waals surface area contributed by atoms with Gasteiger partial charge in [0.25, 0.3) is 0 Å².